The van der Waals surface area contributed by atoms with E-state index in [1.807, 2.05) is 13.8 Å². The van der Waals surface area contributed by atoms with Crippen molar-refractivity contribution in [3.63, 3.8) is 0 Å². The zero-order valence-corrected chi connectivity index (χ0v) is 14.3. The topological polar surface area (TPSA) is 128 Å². The summed E-state index contributed by atoms with van der Waals surface area (Å²) in [6.07, 6.45) is 1.49. The Morgan fingerprint density at radius 3 is 2.50 bits per heavy atom. The summed E-state index contributed by atoms with van der Waals surface area (Å²) in [5.74, 6) is -1.94. The van der Waals surface area contributed by atoms with Gasteiger partial charge < -0.3 is 25.4 Å². The van der Waals surface area contributed by atoms with Crippen LogP contribution in [0, 0.1) is 11.8 Å². The summed E-state index contributed by atoms with van der Waals surface area (Å²) in [6, 6.07) is -0.798. The Morgan fingerprint density at radius 1 is 1.38 bits per heavy atom. The molecule has 0 spiro atoms. The van der Waals surface area contributed by atoms with E-state index in [-0.39, 0.29) is 18.4 Å². The molecule has 4 N–H and O–H groups in total. The fourth-order valence-electron chi connectivity index (χ4n) is 2.66. The minimum Gasteiger partial charge on any atom is -0.493 e. The van der Waals surface area contributed by atoms with Crippen molar-refractivity contribution in [3.8, 4) is 0 Å². The SMILES string of the molecule is CCC(C)C(NC1=C(OC)C(=NCC(=O)O)CC(CO)C1)C(=O)O. The van der Waals surface area contributed by atoms with Crippen LogP contribution in [0.25, 0.3) is 0 Å². The number of aliphatic imine (C=N–C) groups is 1. The van der Waals surface area contributed by atoms with Crippen molar-refractivity contribution < 1.29 is 29.6 Å². The van der Waals surface area contributed by atoms with E-state index in [4.69, 9.17) is 9.84 Å². The third-order valence-electron chi connectivity index (χ3n) is 4.19. The number of nitrogens with zero attached hydrogens (tertiary/aromatic N) is 1. The Hall–Kier alpha value is -2.09. The van der Waals surface area contributed by atoms with Crippen LogP contribution in [-0.4, -0.2) is 59.3 Å². The molecule has 0 radical (unpaired) electrons. The van der Waals surface area contributed by atoms with Crippen molar-refractivity contribution in [2.24, 2.45) is 16.8 Å². The van der Waals surface area contributed by atoms with E-state index in [9.17, 15) is 19.8 Å². The maximum atomic E-state index is 11.5. The predicted octanol–water partition coefficient (Wildman–Crippen LogP) is 0.861. The largest absolute Gasteiger partial charge is 0.493 e. The van der Waals surface area contributed by atoms with Crippen LogP contribution >= 0.6 is 0 Å². The van der Waals surface area contributed by atoms with Gasteiger partial charge in [0.1, 0.15) is 12.6 Å². The number of hydrogen-bond donors (Lipinski definition) is 4. The second kappa shape index (κ2) is 9.27. The number of nitrogens with one attached hydrogen (secondary N) is 1. The van der Waals surface area contributed by atoms with E-state index in [0.717, 1.165) is 0 Å². The molecule has 0 aromatic rings. The molecule has 1 aliphatic carbocycles. The van der Waals surface area contributed by atoms with Gasteiger partial charge in [0.05, 0.1) is 18.5 Å². The van der Waals surface area contributed by atoms with Gasteiger partial charge in [-0.2, -0.15) is 0 Å². The lowest BCUT2D eigenvalue weighted by atomic mass is 9.88. The number of ether oxygens (including phenoxy) is 1. The Kier molecular flexibility index (Phi) is 7.70. The second-order valence-electron chi connectivity index (χ2n) is 5.97. The first-order valence-electron chi connectivity index (χ1n) is 7.96. The van der Waals surface area contributed by atoms with Gasteiger partial charge in [-0.05, 0) is 24.7 Å². The molecule has 0 aromatic carbocycles. The number of aliphatic hydroxyl groups is 1. The summed E-state index contributed by atoms with van der Waals surface area (Å²) in [5, 5.41) is 30.7. The number of carboxylic acid groups (broad SMARTS) is 2. The first-order valence-corrected chi connectivity index (χ1v) is 7.96. The zero-order chi connectivity index (χ0) is 18.3. The Morgan fingerprint density at radius 2 is 2.04 bits per heavy atom. The van der Waals surface area contributed by atoms with Gasteiger partial charge in [-0.15, -0.1) is 0 Å². The van der Waals surface area contributed by atoms with Crippen LogP contribution in [0.3, 0.4) is 0 Å². The zero-order valence-electron chi connectivity index (χ0n) is 14.3. The molecule has 3 unspecified atom stereocenters. The highest BCUT2D eigenvalue weighted by Crippen LogP contribution is 2.28. The van der Waals surface area contributed by atoms with Crippen molar-refractivity contribution in [2.45, 2.75) is 39.2 Å². The number of aliphatic hydroxyl groups excluding tert-OH is 1. The summed E-state index contributed by atoms with van der Waals surface area (Å²) in [5.41, 5.74) is 0.973. The minimum atomic E-state index is -1.07. The van der Waals surface area contributed by atoms with E-state index in [1.54, 1.807) is 0 Å². The molecular weight excluding hydrogens is 316 g/mol. The quantitative estimate of drug-likeness (QED) is 0.489. The van der Waals surface area contributed by atoms with Crippen LogP contribution in [0.5, 0.6) is 0 Å². The summed E-state index contributed by atoms with van der Waals surface area (Å²) in [6.45, 7) is 3.24. The van der Waals surface area contributed by atoms with Crippen molar-refractivity contribution in [1.29, 1.82) is 0 Å². The van der Waals surface area contributed by atoms with Gasteiger partial charge in [0.15, 0.2) is 5.76 Å². The summed E-state index contributed by atoms with van der Waals surface area (Å²) >= 11 is 0. The van der Waals surface area contributed by atoms with Gasteiger partial charge in [-0.25, -0.2) is 4.79 Å². The lowest BCUT2D eigenvalue weighted by Gasteiger charge is -2.30. The number of carbonyl (C=O) groups is 2. The van der Waals surface area contributed by atoms with Crippen LogP contribution in [0.15, 0.2) is 16.4 Å². The Bertz CT molecular complexity index is 529. The monoisotopic (exact) mass is 342 g/mol. The molecule has 3 atom stereocenters. The Balaban J connectivity index is 3.18. The standard InChI is InChI=1S/C16H26N2O6/c1-4-9(2)14(16(22)23)18-12-6-10(8-19)5-11(15(12)24-3)17-7-13(20)21/h9-10,14,18-19H,4-8H2,1-3H3,(H,20,21)(H,22,23). The van der Waals surface area contributed by atoms with Crippen LogP contribution < -0.4 is 5.32 Å². The number of allylic oxidation sites excluding steroid dienone is 2. The smallest absolute Gasteiger partial charge is 0.326 e. The fourth-order valence-corrected chi connectivity index (χ4v) is 2.66. The van der Waals surface area contributed by atoms with Crippen LogP contribution in [-0.2, 0) is 14.3 Å². The first kappa shape index (κ1) is 20.0. The second-order valence-corrected chi connectivity index (χ2v) is 5.97. The number of aliphatic carboxylic acids is 2. The first-order chi connectivity index (χ1) is 11.3. The van der Waals surface area contributed by atoms with E-state index >= 15 is 0 Å². The highest BCUT2D eigenvalue weighted by molar-refractivity contribution is 6.00. The molecule has 136 valence electrons. The lowest BCUT2D eigenvalue weighted by molar-refractivity contribution is -0.140. The molecule has 0 heterocycles. The predicted molar refractivity (Wildman–Crippen MR) is 87.8 cm³/mol. The molecule has 0 aromatic heterocycles. The van der Waals surface area contributed by atoms with Gasteiger partial charge >= 0.3 is 11.9 Å². The van der Waals surface area contributed by atoms with Gasteiger partial charge in [0, 0.05) is 6.61 Å². The average Bonchev–Trinajstić information content (AvgIpc) is 2.55. The third-order valence-corrected chi connectivity index (χ3v) is 4.19. The van der Waals surface area contributed by atoms with Crippen molar-refractivity contribution >= 4 is 17.7 Å². The molecule has 0 saturated heterocycles. The van der Waals surface area contributed by atoms with Crippen LogP contribution in [0.4, 0.5) is 0 Å². The van der Waals surface area contributed by atoms with Crippen molar-refractivity contribution in [1.82, 2.24) is 5.32 Å². The van der Waals surface area contributed by atoms with Gasteiger partial charge in [-0.1, -0.05) is 20.3 Å². The van der Waals surface area contributed by atoms with Gasteiger partial charge in [-0.3, -0.25) is 9.79 Å². The number of methoxy groups -OCH3 is 1. The van der Waals surface area contributed by atoms with Crippen molar-refractivity contribution in [2.75, 3.05) is 20.3 Å². The maximum absolute atomic E-state index is 11.5. The van der Waals surface area contributed by atoms with Gasteiger partial charge in [0.25, 0.3) is 0 Å². The molecule has 8 nitrogen and oxygen atoms in total. The summed E-state index contributed by atoms with van der Waals surface area (Å²) < 4.78 is 5.35. The molecule has 0 bridgehead atoms. The van der Waals surface area contributed by atoms with Crippen LogP contribution in [0.1, 0.15) is 33.1 Å². The minimum absolute atomic E-state index is 0.102. The maximum Gasteiger partial charge on any atom is 0.326 e. The molecule has 0 saturated carbocycles. The highest BCUT2D eigenvalue weighted by Gasteiger charge is 2.31. The normalized spacial score (nSPS) is 22.2. The summed E-state index contributed by atoms with van der Waals surface area (Å²) in [7, 11) is 1.44. The van der Waals surface area contributed by atoms with E-state index < -0.39 is 24.5 Å². The highest BCUT2D eigenvalue weighted by atomic mass is 16.5. The third kappa shape index (κ3) is 5.23. The van der Waals surface area contributed by atoms with Crippen LogP contribution in [0.2, 0.25) is 0 Å². The van der Waals surface area contributed by atoms with Crippen molar-refractivity contribution in [3.05, 3.63) is 11.5 Å². The van der Waals surface area contributed by atoms with E-state index in [2.05, 4.69) is 10.3 Å². The molecule has 8 heteroatoms. The fraction of sp³-hybridized carbons (Fsp3) is 0.688. The number of hydrogen-bond acceptors (Lipinski definition) is 6. The van der Waals surface area contributed by atoms with E-state index in [1.165, 1.54) is 7.11 Å². The molecule has 1 rings (SSSR count). The van der Waals surface area contributed by atoms with Gasteiger partial charge in [0.2, 0.25) is 0 Å². The average molecular weight is 342 g/mol. The molecular formula is C16H26N2O6. The van der Waals surface area contributed by atoms with E-state index in [0.29, 0.717) is 36.4 Å². The lowest BCUT2D eigenvalue weighted by Crippen LogP contribution is -2.43. The molecule has 24 heavy (non-hydrogen) atoms. The summed E-state index contributed by atoms with van der Waals surface area (Å²) in [4.78, 5) is 26.3. The molecule has 1 aliphatic rings. The Labute approximate surface area is 141 Å². The molecule has 0 fully saturated rings. The number of carboxylic acids is 2. The number of rotatable bonds is 9. The molecule has 0 amide bonds. The molecule has 0 aliphatic heterocycles.